The quantitative estimate of drug-likeness (QED) is 0.142. The van der Waals surface area contributed by atoms with E-state index in [0.29, 0.717) is 6.42 Å². The minimum absolute atomic E-state index is 0.166. The van der Waals surface area contributed by atoms with Gasteiger partial charge in [0.2, 0.25) is 5.91 Å². The monoisotopic (exact) mass is 1040 g/mol. The summed E-state index contributed by atoms with van der Waals surface area (Å²) in [6.07, 6.45) is 2.49. The SMILES string of the molecule is C[C@@H]1[C@H](O)[C@@H](C)/C=C/C=C/C=C/C=C/C=C/C=C/C=C/C(O[C@@H]2O[C@H](C)[C@@H](O)[C@H](NC(=O)[C@@H](N)CCCN)[C@@H]2O)C[C@@H]2O[C@](O)(CC(O)C(O)CCC(O)CC(O)CC(O)CC(=O)O[C@H]1C)C[C@H](O)[C@H]2C(=O)O. The molecule has 6 unspecified atom stereocenters. The maximum absolute atomic E-state index is 13.0. The Morgan fingerprint density at radius 1 is 0.726 bits per heavy atom. The Bertz CT molecular complexity index is 1900. The van der Waals surface area contributed by atoms with Crippen LogP contribution in [-0.2, 0) is 33.3 Å². The Labute approximate surface area is 427 Å². The van der Waals surface area contributed by atoms with Crippen LogP contribution in [0.25, 0.3) is 0 Å². The molecule has 3 aliphatic rings. The van der Waals surface area contributed by atoms with Gasteiger partial charge in [0.1, 0.15) is 24.2 Å². The van der Waals surface area contributed by atoms with Crippen molar-refractivity contribution in [2.75, 3.05) is 6.54 Å². The van der Waals surface area contributed by atoms with Crippen LogP contribution in [0.15, 0.2) is 85.1 Å². The van der Waals surface area contributed by atoms with Crippen molar-refractivity contribution >= 4 is 17.8 Å². The summed E-state index contributed by atoms with van der Waals surface area (Å²) in [7, 11) is 0. The van der Waals surface area contributed by atoms with Gasteiger partial charge in [0.05, 0.1) is 79.5 Å². The van der Waals surface area contributed by atoms with Gasteiger partial charge in [-0.05, 0) is 58.9 Å². The lowest BCUT2D eigenvalue weighted by atomic mass is 9.82. The summed E-state index contributed by atoms with van der Waals surface area (Å²) in [5.74, 6) is -7.76. The molecule has 2 saturated heterocycles. The number of hydrogen-bond acceptors (Lipinski definition) is 19. The summed E-state index contributed by atoms with van der Waals surface area (Å²) in [6.45, 7) is 6.96. The van der Waals surface area contributed by atoms with Crippen LogP contribution in [-0.4, -0.2) is 184 Å². The number of nitrogens with two attached hydrogens (primary N) is 2. The highest BCUT2D eigenvalue weighted by Gasteiger charge is 2.51. The zero-order valence-corrected chi connectivity index (χ0v) is 42.3. The number of carboxylic acids is 1. The molecular formula is C52H83N3O18. The number of carbonyl (C=O) groups excluding carboxylic acids is 2. The number of amides is 1. The summed E-state index contributed by atoms with van der Waals surface area (Å²) >= 11 is 0. The summed E-state index contributed by atoms with van der Waals surface area (Å²) < 4.78 is 23.5. The molecule has 3 aliphatic heterocycles. The molecule has 414 valence electrons. The molecule has 0 aromatic carbocycles. The maximum atomic E-state index is 13.0. The Morgan fingerprint density at radius 3 is 1.88 bits per heavy atom. The van der Waals surface area contributed by atoms with Crippen molar-refractivity contribution in [1.29, 1.82) is 0 Å². The Kier molecular flexibility index (Phi) is 27.5. The molecule has 21 heteroatoms. The predicted molar refractivity (Wildman–Crippen MR) is 267 cm³/mol. The van der Waals surface area contributed by atoms with Gasteiger partial charge in [0, 0.05) is 31.1 Å². The number of carboxylic acid groups (broad SMARTS) is 1. The second-order valence-corrected chi connectivity index (χ2v) is 19.6. The second-order valence-electron chi connectivity index (χ2n) is 19.6. The van der Waals surface area contributed by atoms with Gasteiger partial charge >= 0.3 is 11.9 Å². The van der Waals surface area contributed by atoms with E-state index in [1.807, 2.05) is 13.0 Å². The molecule has 0 aromatic heterocycles. The number of aliphatic hydroxyl groups excluding tert-OH is 9. The minimum Gasteiger partial charge on any atom is -0.481 e. The molecule has 2 bridgehead atoms. The standard InChI is InChI=1S/C52H83N3O18/c1-30-18-15-13-11-9-7-5-6-8-10-12-14-16-19-37(72-51-48(65)45(47(64)33(4)71-51)55-49(66)38(54)20-17-23-53)27-42-44(50(67)68)41(61)29-52(69,73-42)28-40(60)39(59)22-21-34(56)24-35(57)25-36(58)26-43(62)70-32(3)31(2)46(30)63/h5-16,18-19,30-42,44-48,51,56-61,63-65,69H,17,20-29,53-54H2,1-4H3,(H,55,66)(H,67,68)/b6-5+,9-7+,10-8+,13-11+,14-12+,18-15+,19-16+/t30-,31-,32-,33+,34?,35?,36?,37?,38-,39?,40?,41-,42-,44+,45-,46+,47+,48-,51-,52+/m0/s1. The van der Waals surface area contributed by atoms with Crippen molar-refractivity contribution in [2.45, 2.75) is 195 Å². The largest absolute Gasteiger partial charge is 0.481 e. The van der Waals surface area contributed by atoms with Gasteiger partial charge in [0.25, 0.3) is 0 Å². The fourth-order valence-electron chi connectivity index (χ4n) is 8.83. The number of cyclic esters (lactones) is 1. The van der Waals surface area contributed by atoms with Gasteiger partial charge in [0.15, 0.2) is 12.1 Å². The van der Waals surface area contributed by atoms with E-state index < -0.39 is 159 Å². The fraction of sp³-hybridized carbons (Fsp3) is 0.673. The van der Waals surface area contributed by atoms with Crippen molar-refractivity contribution in [2.24, 2.45) is 29.2 Å². The van der Waals surface area contributed by atoms with Crippen molar-refractivity contribution in [3.63, 3.8) is 0 Å². The second kappa shape index (κ2) is 31.8. The normalized spacial score (nSPS) is 42.2. The maximum Gasteiger partial charge on any atom is 0.311 e. The summed E-state index contributed by atoms with van der Waals surface area (Å²) in [5.41, 5.74) is 11.6. The zero-order chi connectivity index (χ0) is 54.4. The lowest BCUT2D eigenvalue weighted by Gasteiger charge is -2.45. The minimum atomic E-state index is -2.42. The smallest absolute Gasteiger partial charge is 0.311 e. The van der Waals surface area contributed by atoms with Crippen LogP contribution in [0.5, 0.6) is 0 Å². The van der Waals surface area contributed by atoms with Crippen LogP contribution in [0.4, 0.5) is 0 Å². The van der Waals surface area contributed by atoms with Gasteiger partial charge < -0.3 is 91.9 Å². The molecule has 0 aromatic rings. The molecule has 0 spiro atoms. The lowest BCUT2D eigenvalue weighted by molar-refractivity contribution is -0.310. The van der Waals surface area contributed by atoms with Gasteiger partial charge in [-0.1, -0.05) is 98.9 Å². The molecule has 0 radical (unpaired) electrons. The number of ether oxygens (including phenoxy) is 4. The van der Waals surface area contributed by atoms with E-state index in [-0.39, 0.29) is 44.6 Å². The Balaban J connectivity index is 1.92. The number of fused-ring (bicyclic) bond motifs is 2. The lowest BCUT2D eigenvalue weighted by Crippen LogP contribution is -2.65. The molecule has 16 N–H and O–H groups in total. The number of nitrogens with one attached hydrogen (secondary N) is 1. The molecule has 20 atom stereocenters. The molecule has 21 nitrogen and oxygen atoms in total. The molecule has 0 aliphatic carbocycles. The van der Waals surface area contributed by atoms with Gasteiger partial charge in [-0.15, -0.1) is 0 Å². The van der Waals surface area contributed by atoms with E-state index in [0.717, 1.165) is 0 Å². The van der Waals surface area contributed by atoms with E-state index in [2.05, 4.69) is 5.32 Å². The first-order valence-electron chi connectivity index (χ1n) is 25.2. The number of hydrogen-bond donors (Lipinski definition) is 14. The van der Waals surface area contributed by atoms with Crippen LogP contribution in [0.1, 0.15) is 91.9 Å². The molecule has 3 rings (SSSR count). The van der Waals surface area contributed by atoms with Crippen LogP contribution in [0.2, 0.25) is 0 Å². The highest BCUT2D eigenvalue weighted by atomic mass is 16.7. The average Bonchev–Trinajstić information content (AvgIpc) is 3.31. The number of allylic oxidation sites excluding steroid dienone is 12. The molecule has 1 amide bonds. The van der Waals surface area contributed by atoms with Gasteiger partial charge in [-0.2, -0.15) is 0 Å². The molecule has 0 saturated carbocycles. The van der Waals surface area contributed by atoms with Crippen molar-refractivity contribution in [3.8, 4) is 0 Å². The number of esters is 1. The number of aliphatic carboxylic acids is 1. The van der Waals surface area contributed by atoms with E-state index in [9.17, 15) is 70.6 Å². The van der Waals surface area contributed by atoms with Crippen molar-refractivity contribution in [1.82, 2.24) is 5.32 Å². The van der Waals surface area contributed by atoms with E-state index >= 15 is 0 Å². The van der Waals surface area contributed by atoms with Gasteiger partial charge in [-0.25, -0.2) is 0 Å². The summed E-state index contributed by atoms with van der Waals surface area (Å²) in [6, 6.07) is -2.33. The van der Waals surface area contributed by atoms with Crippen molar-refractivity contribution in [3.05, 3.63) is 85.1 Å². The molecular weight excluding hydrogens is 955 g/mol. The van der Waals surface area contributed by atoms with E-state index in [4.69, 9.17) is 30.4 Å². The van der Waals surface area contributed by atoms with E-state index in [1.54, 1.807) is 86.8 Å². The third-order valence-corrected chi connectivity index (χ3v) is 13.3. The summed E-state index contributed by atoms with van der Waals surface area (Å²) in [5, 5.41) is 123. The average molecular weight is 1040 g/mol. The Morgan fingerprint density at radius 2 is 1.29 bits per heavy atom. The first-order chi connectivity index (χ1) is 34.5. The summed E-state index contributed by atoms with van der Waals surface area (Å²) in [4.78, 5) is 38.3. The highest BCUT2D eigenvalue weighted by Crippen LogP contribution is 2.38. The topological polar surface area (TPSA) is 375 Å². The first kappa shape index (κ1) is 63.3. The van der Waals surface area contributed by atoms with Crippen LogP contribution < -0.4 is 16.8 Å². The number of aliphatic hydroxyl groups is 10. The molecule has 2 fully saturated rings. The highest BCUT2D eigenvalue weighted by molar-refractivity contribution is 5.81. The Hall–Kier alpha value is -4.01. The fourth-order valence-corrected chi connectivity index (χ4v) is 8.83. The van der Waals surface area contributed by atoms with Crippen LogP contribution in [0, 0.1) is 17.8 Å². The first-order valence-corrected chi connectivity index (χ1v) is 25.2. The number of carbonyl (C=O) groups is 3. The van der Waals surface area contributed by atoms with Crippen LogP contribution in [0.3, 0.4) is 0 Å². The predicted octanol–water partition coefficient (Wildman–Crippen LogP) is -0.0646. The molecule has 3 heterocycles. The van der Waals surface area contributed by atoms with E-state index in [1.165, 1.54) is 13.0 Å². The van der Waals surface area contributed by atoms with Gasteiger partial charge in [-0.3, -0.25) is 14.4 Å². The molecule has 73 heavy (non-hydrogen) atoms. The zero-order valence-electron chi connectivity index (χ0n) is 42.3. The van der Waals surface area contributed by atoms with Crippen LogP contribution >= 0.6 is 0 Å². The third-order valence-electron chi connectivity index (χ3n) is 13.3. The van der Waals surface area contributed by atoms with Crippen molar-refractivity contribution < 1.29 is 89.5 Å². The third kappa shape index (κ3) is 21.6. The number of rotatable bonds is 8.